The molecule has 0 bridgehead atoms. The molecule has 0 aliphatic heterocycles. The molecule has 1 unspecified atom stereocenters. The molecule has 0 heterocycles. The molecule has 0 amide bonds. The molecule has 0 aliphatic rings. The van der Waals surface area contributed by atoms with Crippen molar-refractivity contribution >= 4 is 0 Å². The molecule has 0 aromatic carbocycles. The standard InChI is InChI=1S/C4H8N2O6.C2H4N2O6.CH4/c1-2-4(12-6(9)10)3-11-5(7)8;5-3(6)9-1-2-10-4(7)8;/h4H,2-3H2,1H3;1-2H2;1H4. The summed E-state index contributed by atoms with van der Waals surface area (Å²) in [6, 6.07) is 0. The summed E-state index contributed by atoms with van der Waals surface area (Å²) in [5, 5.41) is 34.1. The Balaban J connectivity index is -0.000000338. The summed E-state index contributed by atoms with van der Waals surface area (Å²) >= 11 is 0. The van der Waals surface area contributed by atoms with Crippen molar-refractivity contribution in [3.8, 4) is 0 Å². The average Bonchev–Trinajstić information content (AvgIpc) is 2.39. The van der Waals surface area contributed by atoms with E-state index in [4.69, 9.17) is 0 Å². The topological polar surface area (TPSA) is 209 Å². The van der Waals surface area contributed by atoms with Gasteiger partial charge in [-0.25, -0.2) is 0 Å². The molecule has 23 heavy (non-hydrogen) atoms. The van der Waals surface area contributed by atoms with Crippen LogP contribution in [0.1, 0.15) is 20.8 Å². The second-order valence-electron chi connectivity index (χ2n) is 2.99. The minimum absolute atomic E-state index is 0. The predicted octanol–water partition coefficient (Wildman–Crippen LogP) is 0.221. The fourth-order valence-corrected chi connectivity index (χ4v) is 0.712. The molecule has 16 heteroatoms. The van der Waals surface area contributed by atoms with Crippen LogP contribution in [0.2, 0.25) is 0 Å². The van der Waals surface area contributed by atoms with E-state index in [1.807, 2.05) is 0 Å². The molecule has 0 fully saturated rings. The third-order valence-electron chi connectivity index (χ3n) is 1.53. The van der Waals surface area contributed by atoms with Gasteiger partial charge >= 0.3 is 0 Å². The highest BCUT2D eigenvalue weighted by Crippen LogP contribution is 1.98. The fourth-order valence-electron chi connectivity index (χ4n) is 0.712. The summed E-state index contributed by atoms with van der Waals surface area (Å²) in [5.74, 6) is 0. The summed E-state index contributed by atoms with van der Waals surface area (Å²) in [6.45, 7) is 0.296. The first-order valence-corrected chi connectivity index (χ1v) is 5.32. The van der Waals surface area contributed by atoms with Gasteiger partial charge in [-0.2, -0.15) is 0 Å². The van der Waals surface area contributed by atoms with Crippen molar-refractivity contribution in [1.29, 1.82) is 0 Å². The lowest BCUT2D eigenvalue weighted by atomic mass is 10.3. The maximum atomic E-state index is 9.77. The SMILES string of the molecule is C.CCC(CO[N+](=O)[O-])O[N+](=O)[O-].O=[N+]([O-])OCCO[N+](=O)[O-]. The molecule has 0 rings (SSSR count). The van der Waals surface area contributed by atoms with Gasteiger partial charge in [-0.1, -0.05) is 14.4 Å². The maximum Gasteiger partial charge on any atom is 0.294 e. The first-order valence-electron chi connectivity index (χ1n) is 5.32. The zero-order valence-electron chi connectivity index (χ0n) is 11.1. The monoisotopic (exact) mass is 348 g/mol. The number of hydrogen-bond donors (Lipinski definition) is 0. The van der Waals surface area contributed by atoms with Gasteiger partial charge in [-0.05, 0) is 6.42 Å². The maximum absolute atomic E-state index is 9.77. The van der Waals surface area contributed by atoms with E-state index < -0.39 is 46.3 Å². The molecule has 0 aliphatic carbocycles. The number of hydrogen-bond acceptors (Lipinski definition) is 12. The van der Waals surface area contributed by atoms with Crippen molar-refractivity contribution in [2.24, 2.45) is 0 Å². The Morgan fingerprint density at radius 3 is 1.43 bits per heavy atom. The smallest absolute Gasteiger partial charge is 0.294 e. The minimum atomic E-state index is -1.05. The molecule has 0 saturated heterocycles. The van der Waals surface area contributed by atoms with Crippen LogP contribution in [-0.4, -0.2) is 46.3 Å². The van der Waals surface area contributed by atoms with Gasteiger partial charge in [0.25, 0.3) is 20.3 Å². The van der Waals surface area contributed by atoms with Crippen molar-refractivity contribution in [2.75, 3.05) is 19.8 Å². The van der Waals surface area contributed by atoms with E-state index in [2.05, 4.69) is 19.4 Å². The largest absolute Gasteiger partial charge is 0.312 e. The quantitative estimate of drug-likeness (QED) is 0.279. The summed E-state index contributed by atoms with van der Waals surface area (Å²) in [7, 11) is 0. The Kier molecular flexibility index (Phi) is 16.4. The zero-order chi connectivity index (χ0) is 17.5. The second kappa shape index (κ2) is 15.2. The Morgan fingerprint density at radius 2 is 1.17 bits per heavy atom. The van der Waals surface area contributed by atoms with Crippen molar-refractivity contribution in [3.05, 3.63) is 40.5 Å². The van der Waals surface area contributed by atoms with Crippen LogP contribution in [0.15, 0.2) is 0 Å². The third kappa shape index (κ3) is 24.2. The third-order valence-corrected chi connectivity index (χ3v) is 1.53. The molecule has 0 N–H and O–H groups in total. The van der Waals surface area contributed by atoms with E-state index in [9.17, 15) is 40.5 Å². The first kappa shape index (κ1) is 24.8. The van der Waals surface area contributed by atoms with Crippen LogP contribution in [0.4, 0.5) is 0 Å². The van der Waals surface area contributed by atoms with E-state index in [0.717, 1.165) is 0 Å². The molecule has 16 nitrogen and oxygen atoms in total. The van der Waals surface area contributed by atoms with Crippen LogP contribution in [0, 0.1) is 40.5 Å². The van der Waals surface area contributed by atoms with Crippen molar-refractivity contribution in [1.82, 2.24) is 0 Å². The van der Waals surface area contributed by atoms with Crippen molar-refractivity contribution < 1.29 is 39.7 Å². The molecule has 0 spiro atoms. The molecule has 0 aromatic heterocycles. The molecule has 1 atom stereocenters. The van der Waals surface area contributed by atoms with Gasteiger partial charge < -0.3 is 19.4 Å². The van der Waals surface area contributed by atoms with Gasteiger partial charge in [-0.3, -0.25) is 0 Å². The number of rotatable bonds is 11. The van der Waals surface area contributed by atoms with Gasteiger partial charge in [0.05, 0.1) is 0 Å². The van der Waals surface area contributed by atoms with Gasteiger partial charge in [0.15, 0.2) is 0 Å². The Labute approximate surface area is 128 Å². The van der Waals surface area contributed by atoms with Crippen molar-refractivity contribution in [2.45, 2.75) is 26.9 Å². The zero-order valence-corrected chi connectivity index (χ0v) is 11.1. The molecule has 0 radical (unpaired) electrons. The van der Waals surface area contributed by atoms with Crippen LogP contribution in [0.3, 0.4) is 0 Å². The van der Waals surface area contributed by atoms with E-state index in [0.29, 0.717) is 0 Å². The average molecular weight is 348 g/mol. The van der Waals surface area contributed by atoms with Gasteiger partial charge in [0.1, 0.15) is 25.9 Å². The molecule has 0 aromatic rings. The fraction of sp³-hybridized carbons (Fsp3) is 1.00. The van der Waals surface area contributed by atoms with Crippen molar-refractivity contribution in [3.63, 3.8) is 0 Å². The highest BCUT2D eigenvalue weighted by atomic mass is 17.0. The lowest BCUT2D eigenvalue weighted by Gasteiger charge is -2.09. The van der Waals surface area contributed by atoms with Crippen LogP contribution in [-0.2, 0) is 19.4 Å². The summed E-state index contributed by atoms with van der Waals surface area (Å²) in [6.07, 6.45) is -0.611. The van der Waals surface area contributed by atoms with Gasteiger partial charge in [-0.15, -0.1) is 40.5 Å². The van der Waals surface area contributed by atoms with Crippen LogP contribution in [0.25, 0.3) is 0 Å². The van der Waals surface area contributed by atoms with E-state index in [1.165, 1.54) is 0 Å². The van der Waals surface area contributed by atoms with Crippen LogP contribution < -0.4 is 0 Å². The molecule has 0 saturated carbocycles. The summed E-state index contributed by atoms with van der Waals surface area (Å²) < 4.78 is 0. The van der Waals surface area contributed by atoms with Gasteiger partial charge in [0.2, 0.25) is 0 Å². The summed E-state index contributed by atoms with van der Waals surface area (Å²) in [5.41, 5.74) is 0. The van der Waals surface area contributed by atoms with Gasteiger partial charge in [0, 0.05) is 0 Å². The van der Waals surface area contributed by atoms with E-state index >= 15 is 0 Å². The lowest BCUT2D eigenvalue weighted by molar-refractivity contribution is -0.790. The highest BCUT2D eigenvalue weighted by Gasteiger charge is 2.12. The predicted molar refractivity (Wildman–Crippen MR) is 67.7 cm³/mol. The highest BCUT2D eigenvalue weighted by molar-refractivity contribution is 4.47. The molecular formula is C7H16N4O12. The Hall–Kier alpha value is -3.20. The number of nitrogens with zero attached hydrogens (tertiary/aromatic N) is 4. The first-order chi connectivity index (χ1) is 10.2. The Bertz CT molecular complexity index is 360. The summed E-state index contributed by atoms with van der Waals surface area (Å²) in [4.78, 5) is 53.5. The normalized spacial score (nSPS) is 9.78. The molecule has 136 valence electrons. The van der Waals surface area contributed by atoms with E-state index in [1.54, 1.807) is 6.92 Å². The Morgan fingerprint density at radius 1 is 0.783 bits per heavy atom. The van der Waals surface area contributed by atoms with Crippen LogP contribution in [0.5, 0.6) is 0 Å². The minimum Gasteiger partial charge on any atom is -0.312 e. The van der Waals surface area contributed by atoms with E-state index in [-0.39, 0.29) is 13.8 Å². The molecular weight excluding hydrogens is 332 g/mol. The second-order valence-corrected chi connectivity index (χ2v) is 2.99. The lowest BCUT2D eigenvalue weighted by Crippen LogP contribution is -2.23. The van der Waals surface area contributed by atoms with Crippen LogP contribution >= 0.6 is 0 Å².